The second-order valence-corrected chi connectivity index (χ2v) is 14.6. The van der Waals surface area contributed by atoms with Crippen LogP contribution < -0.4 is 10.3 Å². The number of benzene rings is 3. The van der Waals surface area contributed by atoms with Gasteiger partial charge < -0.3 is 0 Å². The molecule has 3 aromatic carbocycles. The van der Waals surface area contributed by atoms with E-state index in [2.05, 4.69) is 18.1 Å². The van der Waals surface area contributed by atoms with Crippen LogP contribution in [0.2, 0.25) is 0 Å². The predicted molar refractivity (Wildman–Crippen MR) is 137 cm³/mol. The van der Waals surface area contributed by atoms with Gasteiger partial charge in [-0.25, -0.2) is 25.3 Å². The third-order valence-corrected chi connectivity index (χ3v) is 10.4. The number of fused-ring (bicyclic) bond motifs is 1. The lowest BCUT2D eigenvalue weighted by Gasteiger charge is -2.23. The number of thiol groups is 1. The second kappa shape index (κ2) is 9.76. The van der Waals surface area contributed by atoms with Crippen LogP contribution in [0.25, 0.3) is 10.8 Å². The van der Waals surface area contributed by atoms with E-state index in [1.807, 2.05) is 17.0 Å². The lowest BCUT2D eigenvalue weighted by Crippen LogP contribution is -2.51. The maximum atomic E-state index is 13.4. The van der Waals surface area contributed by atoms with Crippen LogP contribution in [-0.4, -0.2) is 59.6 Å². The van der Waals surface area contributed by atoms with E-state index >= 15 is 0 Å². The number of nitrogens with one attached hydrogen (secondary N) is 2. The van der Waals surface area contributed by atoms with Crippen molar-refractivity contribution in [1.82, 2.24) is 14.6 Å². The number of amides is 1. The Balaban J connectivity index is 1.53. The summed E-state index contributed by atoms with van der Waals surface area (Å²) in [6.45, 7) is -0.0317. The molecule has 2 N–H and O–H groups in total. The summed E-state index contributed by atoms with van der Waals surface area (Å²) in [5.74, 6) is -0.868. The minimum atomic E-state index is -4.25. The van der Waals surface area contributed by atoms with Crippen LogP contribution in [0.4, 0.5) is 0 Å². The van der Waals surface area contributed by atoms with Gasteiger partial charge in [-0.1, -0.05) is 30.3 Å². The standard InChI is InChI=1S/C22H23N3O7S4/c1-34(27,28)18-8-10-19(11-9-18)35(29,30)24-23-22(26)21-13-17(33)14-25(21)36(31,32)20-7-6-15-4-2-3-5-16(15)12-20/h2-12,17,21,24,33H,13-14H2,1H3,(H,23,26)/t17-,21+/m1/s1. The molecule has 0 aliphatic carbocycles. The zero-order valence-corrected chi connectivity index (χ0v) is 22.2. The average Bonchev–Trinajstić information content (AvgIpc) is 3.24. The summed E-state index contributed by atoms with van der Waals surface area (Å²) < 4.78 is 76.1. The lowest BCUT2D eigenvalue weighted by atomic mass is 10.1. The molecule has 1 saturated heterocycles. The Morgan fingerprint density at radius 3 is 2.08 bits per heavy atom. The Kier molecular flexibility index (Phi) is 7.20. The van der Waals surface area contributed by atoms with E-state index in [9.17, 15) is 30.0 Å². The van der Waals surface area contributed by atoms with Crippen LogP contribution in [0.15, 0.2) is 81.4 Å². The average molecular weight is 570 g/mol. The quantitative estimate of drug-likeness (QED) is 0.287. The minimum Gasteiger partial charge on any atom is -0.276 e. The van der Waals surface area contributed by atoms with Gasteiger partial charge in [0.1, 0.15) is 6.04 Å². The molecular weight excluding hydrogens is 547 g/mol. The molecule has 14 heteroatoms. The van der Waals surface area contributed by atoms with Gasteiger partial charge in [0.05, 0.1) is 14.7 Å². The Morgan fingerprint density at radius 2 is 1.44 bits per heavy atom. The fourth-order valence-electron chi connectivity index (χ4n) is 3.88. The number of nitrogens with zero attached hydrogens (tertiary/aromatic N) is 1. The Labute approximate surface area is 215 Å². The van der Waals surface area contributed by atoms with Gasteiger partial charge in [0.2, 0.25) is 10.0 Å². The van der Waals surface area contributed by atoms with Crippen LogP contribution in [0.3, 0.4) is 0 Å². The molecular formula is C22H23N3O7S4. The highest BCUT2D eigenvalue weighted by Gasteiger charge is 2.43. The number of sulfone groups is 1. The summed E-state index contributed by atoms with van der Waals surface area (Å²) in [5.41, 5.74) is 2.08. The fraction of sp³-hybridized carbons (Fsp3) is 0.227. The van der Waals surface area contributed by atoms with Gasteiger partial charge in [0.15, 0.2) is 9.84 Å². The first-order valence-electron chi connectivity index (χ1n) is 10.6. The molecule has 2 atom stereocenters. The zero-order valence-electron chi connectivity index (χ0n) is 18.9. The topological polar surface area (TPSA) is 147 Å². The molecule has 1 aliphatic heterocycles. The van der Waals surface area contributed by atoms with Gasteiger partial charge in [-0.2, -0.15) is 16.9 Å². The largest absolute Gasteiger partial charge is 0.276 e. The normalized spacial score (nSPS) is 19.4. The van der Waals surface area contributed by atoms with Crippen molar-refractivity contribution in [3.05, 3.63) is 66.7 Å². The molecule has 10 nitrogen and oxygen atoms in total. The van der Waals surface area contributed by atoms with Crippen molar-refractivity contribution in [3.8, 4) is 0 Å². The number of carbonyl (C=O) groups is 1. The van der Waals surface area contributed by atoms with Gasteiger partial charge in [-0.05, 0) is 53.6 Å². The first-order valence-corrected chi connectivity index (χ1v) is 15.9. The number of hydrogen-bond donors (Lipinski definition) is 3. The number of rotatable bonds is 7. The van der Waals surface area contributed by atoms with Crippen molar-refractivity contribution in [1.29, 1.82) is 0 Å². The van der Waals surface area contributed by atoms with E-state index < -0.39 is 47.1 Å². The molecule has 0 radical (unpaired) electrons. The molecule has 0 aromatic heterocycles. The van der Waals surface area contributed by atoms with Crippen molar-refractivity contribution >= 4 is 59.2 Å². The fourth-order valence-corrected chi connectivity index (χ4v) is 7.52. The van der Waals surface area contributed by atoms with Gasteiger partial charge in [0, 0.05) is 18.1 Å². The van der Waals surface area contributed by atoms with Gasteiger partial charge in [-0.15, -0.1) is 4.83 Å². The molecule has 1 heterocycles. The van der Waals surface area contributed by atoms with Gasteiger partial charge >= 0.3 is 0 Å². The van der Waals surface area contributed by atoms with Crippen molar-refractivity contribution < 1.29 is 30.0 Å². The van der Waals surface area contributed by atoms with E-state index in [0.717, 1.165) is 45.6 Å². The molecule has 3 aromatic rings. The van der Waals surface area contributed by atoms with Crippen LogP contribution in [0.5, 0.6) is 0 Å². The monoisotopic (exact) mass is 569 g/mol. The van der Waals surface area contributed by atoms with Crippen molar-refractivity contribution in [2.24, 2.45) is 0 Å². The number of carbonyl (C=O) groups excluding carboxylic acids is 1. The Hall–Kier alpha value is -2.49. The summed E-state index contributed by atoms with van der Waals surface area (Å²) in [7, 11) is -11.9. The smallest absolute Gasteiger partial charge is 0.257 e. The Bertz CT molecular complexity index is 1640. The Morgan fingerprint density at radius 1 is 0.861 bits per heavy atom. The van der Waals surface area contributed by atoms with E-state index in [1.165, 1.54) is 12.1 Å². The maximum Gasteiger partial charge on any atom is 0.257 e. The molecule has 1 amide bonds. The molecule has 0 saturated carbocycles. The van der Waals surface area contributed by atoms with Crippen LogP contribution in [0.1, 0.15) is 6.42 Å². The van der Waals surface area contributed by atoms with Crippen LogP contribution in [0, 0.1) is 0 Å². The summed E-state index contributed by atoms with van der Waals surface area (Å²) in [6.07, 6.45) is 1.07. The highest BCUT2D eigenvalue weighted by Crippen LogP contribution is 2.30. The second-order valence-electron chi connectivity index (χ2n) is 8.33. The highest BCUT2D eigenvalue weighted by molar-refractivity contribution is 7.91. The van der Waals surface area contributed by atoms with E-state index in [4.69, 9.17) is 0 Å². The van der Waals surface area contributed by atoms with E-state index in [1.54, 1.807) is 18.2 Å². The first kappa shape index (κ1) is 26.6. The van der Waals surface area contributed by atoms with Gasteiger partial charge in [0.25, 0.3) is 15.9 Å². The SMILES string of the molecule is CS(=O)(=O)c1ccc(S(=O)(=O)NNC(=O)[C@@H]2C[C@@H](S)CN2S(=O)(=O)c2ccc3ccccc3c2)cc1. The first-order chi connectivity index (χ1) is 16.8. The van der Waals surface area contributed by atoms with E-state index in [0.29, 0.717) is 0 Å². The number of hydrogen-bond acceptors (Lipinski definition) is 8. The maximum absolute atomic E-state index is 13.4. The van der Waals surface area contributed by atoms with E-state index in [-0.39, 0.29) is 27.7 Å². The molecule has 1 fully saturated rings. The summed E-state index contributed by atoms with van der Waals surface area (Å²) >= 11 is 4.35. The van der Waals surface area contributed by atoms with Crippen LogP contribution >= 0.6 is 12.6 Å². The molecule has 192 valence electrons. The molecule has 4 rings (SSSR count). The summed E-state index contributed by atoms with van der Waals surface area (Å²) in [5, 5.41) is 1.14. The lowest BCUT2D eigenvalue weighted by molar-refractivity contribution is -0.124. The van der Waals surface area contributed by atoms with Crippen molar-refractivity contribution in [3.63, 3.8) is 0 Å². The van der Waals surface area contributed by atoms with Crippen LogP contribution in [-0.2, 0) is 34.7 Å². The predicted octanol–water partition coefficient (Wildman–Crippen LogP) is 1.31. The molecule has 36 heavy (non-hydrogen) atoms. The molecule has 0 spiro atoms. The van der Waals surface area contributed by atoms with Crippen molar-refractivity contribution in [2.75, 3.05) is 12.8 Å². The molecule has 0 unspecified atom stereocenters. The summed E-state index contributed by atoms with van der Waals surface area (Å²) in [6, 6.07) is 15.1. The molecule has 1 aliphatic rings. The number of sulfonamides is 2. The van der Waals surface area contributed by atoms with Crippen molar-refractivity contribution in [2.45, 2.75) is 32.4 Å². The summed E-state index contributed by atoms with van der Waals surface area (Å²) in [4.78, 5) is 14.5. The third kappa shape index (κ3) is 5.43. The number of hydrazine groups is 1. The third-order valence-electron chi connectivity index (χ3n) is 5.73. The molecule has 0 bridgehead atoms. The van der Waals surface area contributed by atoms with Gasteiger partial charge in [-0.3, -0.25) is 10.2 Å². The zero-order chi connectivity index (χ0) is 26.3. The highest BCUT2D eigenvalue weighted by atomic mass is 32.2. The minimum absolute atomic E-state index is 0.00739.